The minimum atomic E-state index is -4.08. The lowest BCUT2D eigenvalue weighted by Gasteiger charge is -2.24. The van der Waals surface area contributed by atoms with E-state index in [4.69, 9.17) is 20.8 Å². The van der Waals surface area contributed by atoms with Crippen molar-refractivity contribution in [2.24, 2.45) is 5.10 Å². The van der Waals surface area contributed by atoms with Crippen LogP contribution in [-0.4, -0.2) is 39.6 Å². The molecule has 3 aromatic carbocycles. The second kappa shape index (κ2) is 13.6. The highest BCUT2D eigenvalue weighted by Crippen LogP contribution is 2.26. The molecule has 1 heterocycles. The Morgan fingerprint density at radius 1 is 1.00 bits per heavy atom. The van der Waals surface area contributed by atoms with Crippen molar-refractivity contribution in [3.8, 4) is 5.75 Å². The lowest BCUT2D eigenvalue weighted by atomic mass is 10.2. The molecule has 0 fully saturated rings. The summed E-state index contributed by atoms with van der Waals surface area (Å²) in [5.41, 5.74) is 4.13. The minimum Gasteiger partial charge on any atom is -0.484 e. The molecular formula is C29H27ClN4O6S. The van der Waals surface area contributed by atoms with E-state index in [-0.39, 0.29) is 29.6 Å². The third kappa shape index (κ3) is 8.44. The fourth-order valence-electron chi connectivity index (χ4n) is 3.58. The second-order valence-electron chi connectivity index (χ2n) is 8.81. The lowest BCUT2D eigenvalue weighted by Crippen LogP contribution is -2.39. The fraction of sp³-hybridized carbons (Fsp3) is 0.138. The molecule has 4 aromatic rings. The first-order valence-corrected chi connectivity index (χ1v) is 14.2. The number of anilines is 1. The van der Waals surface area contributed by atoms with Gasteiger partial charge in [0.2, 0.25) is 0 Å². The summed E-state index contributed by atoms with van der Waals surface area (Å²) >= 11 is 6.10. The number of hydrogen-bond acceptors (Lipinski definition) is 7. The number of ether oxygens (including phenoxy) is 1. The average Bonchev–Trinajstić information content (AvgIpc) is 3.48. The summed E-state index contributed by atoms with van der Waals surface area (Å²) < 4.78 is 38.5. The van der Waals surface area contributed by atoms with Gasteiger partial charge in [-0.15, -0.1) is 0 Å². The summed E-state index contributed by atoms with van der Waals surface area (Å²) in [5.74, 6) is 0.153. The Kier molecular flexibility index (Phi) is 9.77. The van der Waals surface area contributed by atoms with Crippen molar-refractivity contribution in [1.82, 2.24) is 10.7 Å². The molecule has 0 radical (unpaired) electrons. The number of furan rings is 1. The highest BCUT2D eigenvalue weighted by molar-refractivity contribution is 7.92. The maximum Gasteiger partial charge on any atom is 0.264 e. The van der Waals surface area contributed by atoms with Gasteiger partial charge in [0.1, 0.15) is 18.1 Å². The van der Waals surface area contributed by atoms with Gasteiger partial charge in [0.25, 0.3) is 21.8 Å². The summed E-state index contributed by atoms with van der Waals surface area (Å²) in [5, 5.41) is 6.95. The number of hydrogen-bond donors (Lipinski definition) is 2. The molecule has 0 spiro atoms. The van der Waals surface area contributed by atoms with Crippen LogP contribution >= 0.6 is 11.6 Å². The Morgan fingerprint density at radius 3 is 2.44 bits per heavy atom. The molecule has 1 aromatic heterocycles. The van der Waals surface area contributed by atoms with Gasteiger partial charge in [0.15, 0.2) is 6.61 Å². The van der Waals surface area contributed by atoms with Gasteiger partial charge in [-0.2, -0.15) is 5.10 Å². The van der Waals surface area contributed by atoms with Gasteiger partial charge < -0.3 is 14.5 Å². The summed E-state index contributed by atoms with van der Waals surface area (Å²) in [6.45, 7) is 1.42. The maximum absolute atomic E-state index is 13.4. The molecule has 12 heteroatoms. The third-order valence-electron chi connectivity index (χ3n) is 5.69. The molecule has 2 amide bonds. The topological polar surface area (TPSA) is 130 Å². The van der Waals surface area contributed by atoms with E-state index in [0.29, 0.717) is 22.1 Å². The van der Waals surface area contributed by atoms with Crippen LogP contribution in [0.15, 0.2) is 106 Å². The standard InChI is InChI=1S/C29H27ClN4O6S/c1-21-7-13-27(14-8-21)41(37,38)34(24-5-2-4-23(30)16-24)19-28(35)33-32-17-22-9-11-25(12-10-22)40-20-29(36)31-18-26-6-3-15-39-26/h2-17H,18-20H2,1H3,(H,31,36)(H,33,35)/b32-17-. The molecule has 0 aliphatic rings. The van der Waals surface area contributed by atoms with E-state index in [1.54, 1.807) is 66.7 Å². The Morgan fingerprint density at radius 2 is 1.76 bits per heavy atom. The van der Waals surface area contributed by atoms with E-state index < -0.39 is 22.5 Å². The first kappa shape index (κ1) is 29.4. The number of nitrogens with zero attached hydrogens (tertiary/aromatic N) is 2. The molecule has 0 atom stereocenters. The number of halogens is 1. The highest BCUT2D eigenvalue weighted by atomic mass is 35.5. The Bertz CT molecular complexity index is 1610. The molecule has 0 bridgehead atoms. The van der Waals surface area contributed by atoms with Crippen molar-refractivity contribution in [3.63, 3.8) is 0 Å². The third-order valence-corrected chi connectivity index (χ3v) is 7.71. The number of rotatable bonds is 12. The fourth-order valence-corrected chi connectivity index (χ4v) is 5.17. The quantitative estimate of drug-likeness (QED) is 0.186. The molecule has 212 valence electrons. The highest BCUT2D eigenvalue weighted by Gasteiger charge is 2.27. The van der Waals surface area contributed by atoms with Crippen LogP contribution < -0.4 is 19.8 Å². The van der Waals surface area contributed by atoms with Crippen LogP contribution in [0.2, 0.25) is 5.02 Å². The lowest BCUT2D eigenvalue weighted by molar-refractivity contribution is -0.123. The SMILES string of the molecule is Cc1ccc(S(=O)(=O)N(CC(=O)N/N=C\c2ccc(OCC(=O)NCc3ccco3)cc2)c2cccc(Cl)c2)cc1. The predicted molar refractivity (Wildman–Crippen MR) is 155 cm³/mol. The number of amides is 2. The monoisotopic (exact) mass is 594 g/mol. The van der Waals surface area contributed by atoms with Crippen LogP contribution in [0, 0.1) is 6.92 Å². The summed E-state index contributed by atoms with van der Waals surface area (Å²) in [7, 11) is -4.08. The van der Waals surface area contributed by atoms with Crippen molar-refractivity contribution in [2.45, 2.75) is 18.4 Å². The molecule has 2 N–H and O–H groups in total. The van der Waals surface area contributed by atoms with Crippen molar-refractivity contribution in [1.29, 1.82) is 0 Å². The van der Waals surface area contributed by atoms with Crippen molar-refractivity contribution >= 4 is 45.3 Å². The van der Waals surface area contributed by atoms with Crippen molar-refractivity contribution in [3.05, 3.63) is 113 Å². The maximum atomic E-state index is 13.4. The first-order chi connectivity index (χ1) is 19.7. The van der Waals surface area contributed by atoms with Gasteiger partial charge >= 0.3 is 0 Å². The van der Waals surface area contributed by atoms with Crippen LogP contribution in [0.3, 0.4) is 0 Å². The normalized spacial score (nSPS) is 11.3. The molecule has 0 saturated carbocycles. The van der Waals surface area contributed by atoms with Gasteiger partial charge in [-0.05, 0) is 79.2 Å². The van der Waals surface area contributed by atoms with Gasteiger partial charge in [0.05, 0.1) is 29.6 Å². The second-order valence-corrected chi connectivity index (χ2v) is 11.1. The Hall–Kier alpha value is -4.61. The number of carbonyl (C=O) groups is 2. The molecule has 4 rings (SSSR count). The van der Waals surface area contributed by atoms with Crippen LogP contribution in [-0.2, 0) is 26.2 Å². The largest absolute Gasteiger partial charge is 0.484 e. The number of sulfonamides is 1. The number of carbonyl (C=O) groups excluding carboxylic acids is 2. The smallest absolute Gasteiger partial charge is 0.264 e. The molecule has 0 saturated heterocycles. The van der Waals surface area contributed by atoms with E-state index in [2.05, 4.69) is 15.8 Å². The van der Waals surface area contributed by atoms with Crippen molar-refractivity contribution < 1.29 is 27.2 Å². The predicted octanol–water partition coefficient (Wildman–Crippen LogP) is 4.28. The average molecular weight is 595 g/mol. The van der Waals surface area contributed by atoms with Gasteiger partial charge in [0, 0.05) is 5.02 Å². The molecule has 41 heavy (non-hydrogen) atoms. The van der Waals surface area contributed by atoms with E-state index in [0.717, 1.165) is 9.87 Å². The van der Waals surface area contributed by atoms with E-state index in [1.807, 2.05) is 6.92 Å². The Balaban J connectivity index is 1.34. The van der Waals surface area contributed by atoms with E-state index in [1.165, 1.54) is 30.7 Å². The molecule has 0 aliphatic heterocycles. The summed E-state index contributed by atoms with van der Waals surface area (Å²) in [4.78, 5) is 24.7. The van der Waals surface area contributed by atoms with Gasteiger partial charge in [-0.25, -0.2) is 13.8 Å². The van der Waals surface area contributed by atoms with E-state index in [9.17, 15) is 18.0 Å². The summed E-state index contributed by atoms with van der Waals surface area (Å²) in [6.07, 6.45) is 2.93. The first-order valence-electron chi connectivity index (χ1n) is 12.4. The molecule has 0 unspecified atom stereocenters. The van der Waals surface area contributed by atoms with Crippen LogP contribution in [0.25, 0.3) is 0 Å². The number of nitrogens with one attached hydrogen (secondary N) is 2. The zero-order valence-electron chi connectivity index (χ0n) is 22.0. The molecular weight excluding hydrogens is 568 g/mol. The zero-order valence-corrected chi connectivity index (χ0v) is 23.6. The van der Waals surface area contributed by atoms with Gasteiger partial charge in [-0.3, -0.25) is 13.9 Å². The number of benzene rings is 3. The Labute approximate surface area is 242 Å². The van der Waals surface area contributed by atoms with Crippen LogP contribution in [0.5, 0.6) is 5.75 Å². The molecule has 0 aliphatic carbocycles. The van der Waals surface area contributed by atoms with Crippen LogP contribution in [0.1, 0.15) is 16.9 Å². The minimum absolute atomic E-state index is 0.0386. The van der Waals surface area contributed by atoms with E-state index >= 15 is 0 Å². The van der Waals surface area contributed by atoms with Crippen molar-refractivity contribution in [2.75, 3.05) is 17.5 Å². The van der Waals surface area contributed by atoms with Gasteiger partial charge in [-0.1, -0.05) is 35.4 Å². The van der Waals surface area contributed by atoms with Crippen LogP contribution in [0.4, 0.5) is 5.69 Å². The zero-order chi connectivity index (χ0) is 29.2. The number of hydrazone groups is 1. The number of aryl methyl sites for hydroxylation is 1. The molecule has 10 nitrogen and oxygen atoms in total. The summed E-state index contributed by atoms with van der Waals surface area (Å²) in [6, 6.07) is 22.7.